The Hall–Kier alpha value is -3.61. The summed E-state index contributed by atoms with van der Waals surface area (Å²) in [4.78, 5) is 37.5. The number of hydrazine groups is 1. The Labute approximate surface area is 180 Å². The van der Waals surface area contributed by atoms with E-state index in [1.54, 1.807) is 12.1 Å². The summed E-state index contributed by atoms with van der Waals surface area (Å²) in [5.74, 6) is -3.47. The van der Waals surface area contributed by atoms with Crippen LogP contribution in [0, 0.1) is 11.8 Å². The number of carbonyl (C=O) groups is 3. The topological polar surface area (TPSA) is 108 Å². The molecule has 2 atom stereocenters. The Kier molecular flexibility index (Phi) is 5.50. The standard InChI is InChI=1S/C24H24N2O5/c1-13-11-17(18(24(29)30)12-14(13)2)22(27)25-26-23(28)21-15-7-3-5-9-19(15)31-20-10-6-4-8-16(20)21/h3-10,17-18,21H,11-12H2,1-2H3,(H,25,27)(H,26,28)(H,29,30)/p-1/t17-,18-/m0/s1. The Morgan fingerprint density at radius 2 is 1.29 bits per heavy atom. The van der Waals surface area contributed by atoms with Gasteiger partial charge in [0, 0.05) is 23.0 Å². The fraction of sp³-hybridized carbons (Fsp3) is 0.292. The van der Waals surface area contributed by atoms with Crippen molar-refractivity contribution in [2.45, 2.75) is 32.6 Å². The van der Waals surface area contributed by atoms with Crippen LogP contribution in [0.3, 0.4) is 0 Å². The number of fused-ring (bicyclic) bond motifs is 2. The van der Waals surface area contributed by atoms with E-state index in [2.05, 4.69) is 10.9 Å². The molecule has 2 N–H and O–H groups in total. The predicted octanol–water partition coefficient (Wildman–Crippen LogP) is 2.18. The number of rotatable bonds is 3. The molecule has 7 heteroatoms. The molecule has 0 radical (unpaired) electrons. The van der Waals surface area contributed by atoms with Crippen LogP contribution < -0.4 is 20.7 Å². The third kappa shape index (κ3) is 3.91. The average molecular weight is 419 g/mol. The molecule has 0 fully saturated rings. The molecule has 2 aromatic carbocycles. The van der Waals surface area contributed by atoms with Crippen molar-refractivity contribution >= 4 is 17.8 Å². The summed E-state index contributed by atoms with van der Waals surface area (Å²) >= 11 is 0. The van der Waals surface area contributed by atoms with E-state index in [4.69, 9.17) is 4.74 Å². The van der Waals surface area contributed by atoms with Gasteiger partial charge in [0.1, 0.15) is 11.5 Å². The molecule has 1 aliphatic carbocycles. The molecular weight excluding hydrogens is 396 g/mol. The number of aliphatic carboxylic acids is 1. The van der Waals surface area contributed by atoms with Crippen LogP contribution in [0.25, 0.3) is 0 Å². The molecule has 2 aliphatic rings. The van der Waals surface area contributed by atoms with Crippen molar-refractivity contribution in [1.82, 2.24) is 10.9 Å². The number of allylic oxidation sites excluding steroid dienone is 2. The fourth-order valence-electron chi connectivity index (χ4n) is 4.30. The first-order valence-electron chi connectivity index (χ1n) is 10.2. The highest BCUT2D eigenvalue weighted by Gasteiger charge is 2.36. The van der Waals surface area contributed by atoms with Gasteiger partial charge in [-0.2, -0.15) is 0 Å². The minimum absolute atomic E-state index is 0.265. The third-order valence-electron chi connectivity index (χ3n) is 6.16. The van der Waals surface area contributed by atoms with E-state index in [0.29, 0.717) is 29.0 Å². The summed E-state index contributed by atoms with van der Waals surface area (Å²) in [5.41, 5.74) is 8.25. The molecule has 31 heavy (non-hydrogen) atoms. The second-order valence-corrected chi connectivity index (χ2v) is 8.09. The maximum atomic E-state index is 13.1. The van der Waals surface area contributed by atoms with Crippen LogP contribution in [0.2, 0.25) is 0 Å². The van der Waals surface area contributed by atoms with Crippen molar-refractivity contribution in [3.8, 4) is 11.5 Å². The van der Waals surface area contributed by atoms with Gasteiger partial charge in [0.2, 0.25) is 5.91 Å². The van der Waals surface area contributed by atoms with E-state index in [-0.39, 0.29) is 6.42 Å². The molecule has 2 amide bonds. The first-order valence-corrected chi connectivity index (χ1v) is 10.2. The highest BCUT2D eigenvalue weighted by atomic mass is 16.5. The molecule has 1 aliphatic heterocycles. The third-order valence-corrected chi connectivity index (χ3v) is 6.16. The monoisotopic (exact) mass is 419 g/mol. The van der Waals surface area contributed by atoms with Crippen LogP contribution in [-0.4, -0.2) is 17.8 Å². The summed E-state index contributed by atoms with van der Waals surface area (Å²) in [7, 11) is 0. The van der Waals surface area contributed by atoms with E-state index >= 15 is 0 Å². The van der Waals surface area contributed by atoms with Crippen LogP contribution in [0.1, 0.15) is 43.7 Å². The molecule has 0 saturated heterocycles. The van der Waals surface area contributed by atoms with Gasteiger partial charge in [-0.05, 0) is 38.8 Å². The van der Waals surface area contributed by atoms with Gasteiger partial charge < -0.3 is 14.6 Å². The zero-order valence-electron chi connectivity index (χ0n) is 17.3. The molecule has 160 valence electrons. The normalized spacial score (nSPS) is 20.2. The van der Waals surface area contributed by atoms with Crippen molar-refractivity contribution in [2.75, 3.05) is 0 Å². The summed E-state index contributed by atoms with van der Waals surface area (Å²) in [6.07, 6.45) is 0.579. The molecule has 4 rings (SSSR count). The van der Waals surface area contributed by atoms with Gasteiger partial charge in [-0.1, -0.05) is 47.5 Å². The summed E-state index contributed by atoms with van der Waals surface area (Å²) in [5, 5.41) is 11.6. The Morgan fingerprint density at radius 1 is 0.806 bits per heavy atom. The molecular formula is C24H23N2O5-. The second-order valence-electron chi connectivity index (χ2n) is 8.09. The van der Waals surface area contributed by atoms with E-state index in [1.165, 1.54) is 0 Å². The highest BCUT2D eigenvalue weighted by molar-refractivity contribution is 5.92. The number of para-hydroxylation sites is 2. The number of amides is 2. The van der Waals surface area contributed by atoms with Crippen molar-refractivity contribution in [2.24, 2.45) is 11.8 Å². The number of carboxylic acids is 1. The lowest BCUT2D eigenvalue weighted by atomic mass is 9.76. The Morgan fingerprint density at radius 3 is 1.84 bits per heavy atom. The van der Waals surface area contributed by atoms with Gasteiger partial charge in [-0.25, -0.2) is 0 Å². The van der Waals surface area contributed by atoms with Crippen molar-refractivity contribution in [3.63, 3.8) is 0 Å². The number of carbonyl (C=O) groups excluding carboxylic acids is 3. The maximum absolute atomic E-state index is 13.1. The van der Waals surface area contributed by atoms with Crippen LogP contribution in [-0.2, 0) is 14.4 Å². The zero-order valence-corrected chi connectivity index (χ0v) is 17.3. The van der Waals surface area contributed by atoms with Crippen molar-refractivity contribution in [3.05, 3.63) is 70.8 Å². The highest BCUT2D eigenvalue weighted by Crippen LogP contribution is 2.43. The first kappa shape index (κ1) is 20.7. The lowest BCUT2D eigenvalue weighted by Gasteiger charge is -2.33. The first-order chi connectivity index (χ1) is 14.9. The van der Waals surface area contributed by atoms with Gasteiger partial charge in [0.05, 0.1) is 11.8 Å². The maximum Gasteiger partial charge on any atom is 0.250 e. The van der Waals surface area contributed by atoms with E-state index in [1.807, 2.05) is 50.2 Å². The van der Waals surface area contributed by atoms with Gasteiger partial charge in [0.15, 0.2) is 0 Å². The SMILES string of the molecule is CC1=C(C)C[C@H](C(=O)NNC(=O)C2c3ccccc3Oc3ccccc32)[C@@H](C(=O)[O-])C1. The number of nitrogens with one attached hydrogen (secondary N) is 2. The summed E-state index contributed by atoms with van der Waals surface area (Å²) in [6.45, 7) is 3.75. The molecule has 0 unspecified atom stereocenters. The Bertz CT molecular complexity index is 1050. The van der Waals surface area contributed by atoms with Crippen LogP contribution in [0.5, 0.6) is 11.5 Å². The summed E-state index contributed by atoms with van der Waals surface area (Å²) < 4.78 is 5.90. The molecule has 2 aromatic rings. The minimum Gasteiger partial charge on any atom is -0.550 e. The van der Waals surface area contributed by atoms with Crippen molar-refractivity contribution in [1.29, 1.82) is 0 Å². The predicted molar refractivity (Wildman–Crippen MR) is 111 cm³/mol. The van der Waals surface area contributed by atoms with Gasteiger partial charge in [-0.3, -0.25) is 20.4 Å². The molecule has 0 spiro atoms. The second kappa shape index (κ2) is 8.26. The number of benzene rings is 2. The fourth-order valence-corrected chi connectivity index (χ4v) is 4.30. The van der Waals surface area contributed by atoms with Crippen LogP contribution in [0.4, 0.5) is 0 Å². The average Bonchev–Trinajstić information content (AvgIpc) is 2.76. The lowest BCUT2D eigenvalue weighted by Crippen LogP contribution is -2.51. The molecule has 0 bridgehead atoms. The number of hydrogen-bond donors (Lipinski definition) is 2. The Balaban J connectivity index is 1.53. The van der Waals surface area contributed by atoms with Crippen molar-refractivity contribution < 1.29 is 24.2 Å². The number of ether oxygens (including phenoxy) is 1. The molecule has 0 saturated carbocycles. The number of carboxylic acid groups (broad SMARTS) is 1. The van der Waals surface area contributed by atoms with E-state index in [0.717, 1.165) is 11.1 Å². The largest absolute Gasteiger partial charge is 0.550 e. The molecule has 7 nitrogen and oxygen atoms in total. The zero-order chi connectivity index (χ0) is 22.1. The van der Waals surface area contributed by atoms with E-state index < -0.39 is 35.5 Å². The van der Waals surface area contributed by atoms with Gasteiger partial charge in [0.25, 0.3) is 5.91 Å². The van der Waals surface area contributed by atoms with Gasteiger partial charge >= 0.3 is 0 Å². The lowest BCUT2D eigenvalue weighted by molar-refractivity contribution is -0.313. The molecule has 0 aromatic heterocycles. The summed E-state index contributed by atoms with van der Waals surface area (Å²) in [6, 6.07) is 14.5. The quantitative estimate of drug-likeness (QED) is 0.586. The minimum atomic E-state index is -1.26. The van der Waals surface area contributed by atoms with Crippen LogP contribution >= 0.6 is 0 Å². The van der Waals surface area contributed by atoms with Crippen LogP contribution in [0.15, 0.2) is 59.7 Å². The molecule has 1 heterocycles. The van der Waals surface area contributed by atoms with Gasteiger partial charge in [-0.15, -0.1) is 0 Å². The smallest absolute Gasteiger partial charge is 0.250 e. The van der Waals surface area contributed by atoms with E-state index in [9.17, 15) is 19.5 Å². The number of hydrogen-bond acceptors (Lipinski definition) is 5.